The summed E-state index contributed by atoms with van der Waals surface area (Å²) in [5, 5.41) is 9.71. The second-order valence-electron chi connectivity index (χ2n) is 5.57. The lowest BCUT2D eigenvalue weighted by Gasteiger charge is -2.15. The number of rotatable bonds is 6. The number of anilines is 1. The number of nitrogens with one attached hydrogen (secondary N) is 2. The predicted octanol–water partition coefficient (Wildman–Crippen LogP) is 4.22. The van der Waals surface area contributed by atoms with Crippen molar-refractivity contribution in [3.05, 3.63) is 57.9 Å². The first-order valence-electron chi connectivity index (χ1n) is 7.83. The average Bonchev–Trinajstić information content (AvgIpc) is 3.26. The van der Waals surface area contributed by atoms with Crippen molar-refractivity contribution in [2.45, 2.75) is 19.4 Å². The van der Waals surface area contributed by atoms with Gasteiger partial charge in [0, 0.05) is 22.7 Å². The molecular formula is C18H16FN3O2S2. The third-order valence-electron chi connectivity index (χ3n) is 3.54. The number of hydrogen-bond acceptors (Lipinski definition) is 5. The van der Waals surface area contributed by atoms with Gasteiger partial charge in [0.15, 0.2) is 5.13 Å². The standard InChI is InChI=1S/C18H16FN3O2S2/c1-11(23)20-14(16-3-2-8-25-16)9-17(24)22-18-21-15(10-26-18)12-4-6-13(19)7-5-12/h2-8,10,14H,9H2,1H3,(H,20,23)(H,21,22,24)/t14-/m1/s1. The van der Waals surface area contributed by atoms with E-state index in [2.05, 4.69) is 15.6 Å². The van der Waals surface area contributed by atoms with Crippen LogP contribution in [0.25, 0.3) is 11.3 Å². The highest BCUT2D eigenvalue weighted by molar-refractivity contribution is 7.14. The Labute approximate surface area is 157 Å². The zero-order valence-corrected chi connectivity index (χ0v) is 15.5. The maximum atomic E-state index is 13.0. The number of benzene rings is 1. The zero-order valence-electron chi connectivity index (χ0n) is 13.9. The van der Waals surface area contributed by atoms with Crippen LogP contribution in [0.5, 0.6) is 0 Å². The molecule has 2 amide bonds. The van der Waals surface area contributed by atoms with Crippen LogP contribution in [0.15, 0.2) is 47.2 Å². The van der Waals surface area contributed by atoms with Crippen LogP contribution in [-0.2, 0) is 9.59 Å². The van der Waals surface area contributed by atoms with E-state index in [9.17, 15) is 14.0 Å². The number of aromatic nitrogens is 1. The van der Waals surface area contributed by atoms with Gasteiger partial charge in [-0.3, -0.25) is 9.59 Å². The fourth-order valence-corrected chi connectivity index (χ4v) is 3.91. The van der Waals surface area contributed by atoms with Crippen molar-refractivity contribution in [2.75, 3.05) is 5.32 Å². The van der Waals surface area contributed by atoms with Crippen LogP contribution in [0.3, 0.4) is 0 Å². The molecule has 0 fully saturated rings. The van der Waals surface area contributed by atoms with Gasteiger partial charge in [-0.15, -0.1) is 22.7 Å². The molecule has 0 unspecified atom stereocenters. The number of carbonyl (C=O) groups excluding carboxylic acids is 2. The van der Waals surface area contributed by atoms with Crippen LogP contribution in [-0.4, -0.2) is 16.8 Å². The Hall–Kier alpha value is -2.58. The van der Waals surface area contributed by atoms with Crippen molar-refractivity contribution < 1.29 is 14.0 Å². The first-order valence-corrected chi connectivity index (χ1v) is 9.59. The molecule has 5 nitrogen and oxygen atoms in total. The minimum atomic E-state index is -0.371. The summed E-state index contributed by atoms with van der Waals surface area (Å²) in [5.41, 5.74) is 1.44. The van der Waals surface area contributed by atoms with E-state index in [0.717, 1.165) is 10.4 Å². The minimum Gasteiger partial charge on any atom is -0.348 e. The highest BCUT2D eigenvalue weighted by Gasteiger charge is 2.19. The molecule has 3 aromatic rings. The van der Waals surface area contributed by atoms with E-state index in [-0.39, 0.29) is 30.1 Å². The molecule has 0 saturated heterocycles. The molecule has 1 atom stereocenters. The zero-order chi connectivity index (χ0) is 18.5. The number of carbonyl (C=O) groups is 2. The maximum absolute atomic E-state index is 13.0. The summed E-state index contributed by atoms with van der Waals surface area (Å²) in [5.74, 6) is -0.740. The van der Waals surface area contributed by atoms with Crippen molar-refractivity contribution in [1.29, 1.82) is 0 Å². The van der Waals surface area contributed by atoms with E-state index >= 15 is 0 Å². The largest absolute Gasteiger partial charge is 0.348 e. The van der Waals surface area contributed by atoms with Gasteiger partial charge in [0.25, 0.3) is 0 Å². The molecule has 2 aromatic heterocycles. The summed E-state index contributed by atoms with van der Waals surface area (Å²) in [7, 11) is 0. The number of nitrogens with zero attached hydrogens (tertiary/aromatic N) is 1. The summed E-state index contributed by atoms with van der Waals surface area (Å²) in [6.07, 6.45) is 0.117. The van der Waals surface area contributed by atoms with Gasteiger partial charge in [-0.05, 0) is 35.7 Å². The topological polar surface area (TPSA) is 71.1 Å². The molecule has 0 bridgehead atoms. The highest BCUT2D eigenvalue weighted by Crippen LogP contribution is 2.26. The van der Waals surface area contributed by atoms with Crippen molar-refractivity contribution in [1.82, 2.24) is 10.3 Å². The second kappa shape index (κ2) is 8.20. The second-order valence-corrected chi connectivity index (χ2v) is 7.40. The van der Waals surface area contributed by atoms with Crippen molar-refractivity contribution in [3.8, 4) is 11.3 Å². The summed E-state index contributed by atoms with van der Waals surface area (Å²) in [6, 6.07) is 9.40. The van der Waals surface area contributed by atoms with Gasteiger partial charge in [-0.1, -0.05) is 6.07 Å². The van der Waals surface area contributed by atoms with Crippen molar-refractivity contribution in [2.24, 2.45) is 0 Å². The summed E-state index contributed by atoms with van der Waals surface area (Å²) in [4.78, 5) is 29.0. The fourth-order valence-electron chi connectivity index (χ4n) is 2.40. The summed E-state index contributed by atoms with van der Waals surface area (Å²) < 4.78 is 13.0. The SMILES string of the molecule is CC(=O)N[C@H](CC(=O)Nc1nc(-c2ccc(F)cc2)cs1)c1cccs1. The molecule has 8 heteroatoms. The number of thiophene rings is 1. The number of thiazole rings is 1. The minimum absolute atomic E-state index is 0.117. The molecule has 26 heavy (non-hydrogen) atoms. The molecule has 0 aliphatic heterocycles. The quantitative estimate of drug-likeness (QED) is 0.663. The third-order valence-corrected chi connectivity index (χ3v) is 5.29. The Kier molecular flexibility index (Phi) is 5.75. The maximum Gasteiger partial charge on any atom is 0.228 e. The van der Waals surface area contributed by atoms with Gasteiger partial charge < -0.3 is 10.6 Å². The predicted molar refractivity (Wildman–Crippen MR) is 102 cm³/mol. The molecule has 2 heterocycles. The molecule has 0 radical (unpaired) electrons. The fraction of sp³-hybridized carbons (Fsp3) is 0.167. The first-order chi connectivity index (χ1) is 12.5. The Morgan fingerprint density at radius 2 is 1.96 bits per heavy atom. The smallest absolute Gasteiger partial charge is 0.228 e. The van der Waals surface area contributed by atoms with Gasteiger partial charge >= 0.3 is 0 Å². The van der Waals surface area contributed by atoms with E-state index in [4.69, 9.17) is 0 Å². The van der Waals surface area contributed by atoms with E-state index in [1.165, 1.54) is 41.7 Å². The van der Waals surface area contributed by atoms with Crippen LogP contribution >= 0.6 is 22.7 Å². The van der Waals surface area contributed by atoms with E-state index in [1.54, 1.807) is 17.5 Å². The Balaban J connectivity index is 1.65. The molecule has 0 aliphatic carbocycles. The van der Waals surface area contributed by atoms with Crippen LogP contribution in [0, 0.1) is 5.82 Å². The van der Waals surface area contributed by atoms with E-state index in [1.807, 2.05) is 17.5 Å². The van der Waals surface area contributed by atoms with E-state index in [0.29, 0.717) is 10.8 Å². The number of halogens is 1. The lowest BCUT2D eigenvalue weighted by Crippen LogP contribution is -2.29. The molecule has 0 saturated carbocycles. The average molecular weight is 389 g/mol. The molecule has 3 rings (SSSR count). The van der Waals surface area contributed by atoms with Crippen LogP contribution in [0.2, 0.25) is 0 Å². The van der Waals surface area contributed by atoms with Gasteiger partial charge in [0.05, 0.1) is 18.2 Å². The van der Waals surface area contributed by atoms with Gasteiger partial charge in [0.2, 0.25) is 11.8 Å². The monoisotopic (exact) mass is 389 g/mol. The van der Waals surface area contributed by atoms with Crippen LogP contribution in [0.4, 0.5) is 9.52 Å². The number of hydrogen-bond donors (Lipinski definition) is 2. The third kappa shape index (κ3) is 4.74. The molecule has 2 N–H and O–H groups in total. The normalized spacial score (nSPS) is 11.8. The molecule has 134 valence electrons. The van der Waals surface area contributed by atoms with Gasteiger partial charge in [0.1, 0.15) is 5.82 Å². The van der Waals surface area contributed by atoms with Crippen LogP contribution in [0.1, 0.15) is 24.3 Å². The highest BCUT2D eigenvalue weighted by atomic mass is 32.1. The Bertz CT molecular complexity index is 892. The molecule has 0 aliphatic rings. The Morgan fingerprint density at radius 3 is 2.62 bits per heavy atom. The summed E-state index contributed by atoms with van der Waals surface area (Å²) in [6.45, 7) is 1.42. The van der Waals surface area contributed by atoms with E-state index < -0.39 is 0 Å². The molecule has 0 spiro atoms. The van der Waals surface area contributed by atoms with Crippen molar-refractivity contribution in [3.63, 3.8) is 0 Å². The first kappa shape index (κ1) is 18.2. The van der Waals surface area contributed by atoms with Crippen molar-refractivity contribution >= 4 is 39.6 Å². The molecular weight excluding hydrogens is 373 g/mol. The van der Waals surface area contributed by atoms with Gasteiger partial charge in [-0.25, -0.2) is 9.37 Å². The number of amides is 2. The van der Waals surface area contributed by atoms with Crippen LogP contribution < -0.4 is 10.6 Å². The lowest BCUT2D eigenvalue weighted by molar-refractivity contribution is -0.120. The molecule has 1 aromatic carbocycles. The Morgan fingerprint density at radius 1 is 1.19 bits per heavy atom. The summed E-state index contributed by atoms with van der Waals surface area (Å²) >= 11 is 2.78. The van der Waals surface area contributed by atoms with Gasteiger partial charge in [-0.2, -0.15) is 0 Å². The lowest BCUT2D eigenvalue weighted by atomic mass is 10.1.